The summed E-state index contributed by atoms with van der Waals surface area (Å²) in [7, 11) is 0. The van der Waals surface area contributed by atoms with Crippen LogP contribution in [0.2, 0.25) is 5.02 Å². The van der Waals surface area contributed by atoms with Crippen LogP contribution >= 0.6 is 22.9 Å². The number of rotatable bonds is 5. The Bertz CT molecular complexity index is 592. The Labute approximate surface area is 121 Å². The van der Waals surface area contributed by atoms with Crippen molar-refractivity contribution in [1.29, 1.82) is 0 Å². The maximum atomic E-state index is 12.9. The summed E-state index contributed by atoms with van der Waals surface area (Å²) in [6.45, 7) is 2.09. The first-order valence-corrected chi connectivity index (χ1v) is 7.31. The first-order valence-electron chi connectivity index (χ1n) is 6.11. The van der Waals surface area contributed by atoms with Gasteiger partial charge in [0.1, 0.15) is 11.6 Å². The molecular weight excluding hydrogens is 283 g/mol. The zero-order valence-corrected chi connectivity index (χ0v) is 12.2. The fourth-order valence-electron chi connectivity index (χ4n) is 1.84. The van der Waals surface area contributed by atoms with E-state index in [1.54, 1.807) is 17.4 Å². The van der Waals surface area contributed by atoms with Gasteiger partial charge in [0.2, 0.25) is 0 Å². The number of ketones is 1. The van der Waals surface area contributed by atoms with Crippen molar-refractivity contribution in [1.82, 2.24) is 0 Å². The first-order chi connectivity index (χ1) is 9.08. The van der Waals surface area contributed by atoms with Gasteiger partial charge >= 0.3 is 0 Å². The molecule has 0 atom stereocenters. The van der Waals surface area contributed by atoms with E-state index < -0.39 is 0 Å². The van der Waals surface area contributed by atoms with E-state index in [1.165, 1.54) is 17.0 Å². The van der Waals surface area contributed by atoms with E-state index in [4.69, 9.17) is 11.6 Å². The topological polar surface area (TPSA) is 17.1 Å². The van der Waals surface area contributed by atoms with Crippen LogP contribution < -0.4 is 0 Å². The van der Waals surface area contributed by atoms with Crippen LogP contribution in [0.1, 0.15) is 22.2 Å². The van der Waals surface area contributed by atoms with Crippen LogP contribution in [0.4, 0.5) is 4.39 Å². The van der Waals surface area contributed by atoms with Gasteiger partial charge in [-0.1, -0.05) is 24.6 Å². The summed E-state index contributed by atoms with van der Waals surface area (Å²) in [5, 5.41) is 0.314. The van der Waals surface area contributed by atoms with Gasteiger partial charge in [0.15, 0.2) is 0 Å². The lowest BCUT2D eigenvalue weighted by Gasteiger charge is -2.03. The van der Waals surface area contributed by atoms with Crippen LogP contribution in [0, 0.1) is 5.82 Å². The van der Waals surface area contributed by atoms with E-state index in [-0.39, 0.29) is 18.0 Å². The minimum absolute atomic E-state index is 0.0954. The summed E-state index contributed by atoms with van der Waals surface area (Å²) in [6.07, 6.45) is 1.65. The quantitative estimate of drug-likeness (QED) is 0.796. The van der Waals surface area contributed by atoms with Crippen LogP contribution in [0.3, 0.4) is 0 Å². The van der Waals surface area contributed by atoms with Gasteiger partial charge in [-0.2, -0.15) is 0 Å². The first kappa shape index (κ1) is 14.2. The van der Waals surface area contributed by atoms with Crippen molar-refractivity contribution < 1.29 is 9.18 Å². The highest BCUT2D eigenvalue weighted by Crippen LogP contribution is 2.21. The highest BCUT2D eigenvalue weighted by molar-refractivity contribution is 7.12. The monoisotopic (exact) mass is 296 g/mol. The largest absolute Gasteiger partial charge is 0.299 e. The third-order valence-corrected chi connectivity index (χ3v) is 4.42. The van der Waals surface area contributed by atoms with E-state index in [2.05, 4.69) is 13.0 Å². The van der Waals surface area contributed by atoms with Gasteiger partial charge in [-0.3, -0.25) is 4.79 Å². The molecule has 0 fully saturated rings. The normalized spacial score (nSPS) is 10.7. The summed E-state index contributed by atoms with van der Waals surface area (Å²) in [5.41, 5.74) is 0.681. The highest BCUT2D eigenvalue weighted by Gasteiger charge is 2.10. The lowest BCUT2D eigenvalue weighted by atomic mass is 10.1. The lowest BCUT2D eigenvalue weighted by molar-refractivity contribution is -0.117. The number of benzene rings is 1. The van der Waals surface area contributed by atoms with Gasteiger partial charge in [0.05, 0.1) is 0 Å². The third kappa shape index (κ3) is 3.88. The maximum Gasteiger partial charge on any atom is 0.142 e. The van der Waals surface area contributed by atoms with Crippen molar-refractivity contribution in [3.05, 3.63) is 56.5 Å². The number of thiophene rings is 1. The van der Waals surface area contributed by atoms with Crippen molar-refractivity contribution in [3.8, 4) is 0 Å². The highest BCUT2D eigenvalue weighted by atomic mass is 35.5. The molecule has 100 valence electrons. The molecule has 1 aromatic carbocycles. The molecule has 0 unspecified atom stereocenters. The molecule has 0 amide bonds. The average molecular weight is 297 g/mol. The zero-order valence-electron chi connectivity index (χ0n) is 10.6. The van der Waals surface area contributed by atoms with Crippen molar-refractivity contribution in [2.24, 2.45) is 0 Å². The van der Waals surface area contributed by atoms with Crippen molar-refractivity contribution in [2.45, 2.75) is 26.2 Å². The Hall–Kier alpha value is -1.19. The predicted molar refractivity (Wildman–Crippen MR) is 77.5 cm³/mol. The third-order valence-electron chi connectivity index (χ3n) is 2.84. The molecule has 2 aromatic rings. The van der Waals surface area contributed by atoms with Gasteiger partial charge in [-0.15, -0.1) is 11.3 Å². The molecule has 0 aliphatic carbocycles. The molecule has 1 nitrogen and oxygen atoms in total. The van der Waals surface area contributed by atoms with Crippen molar-refractivity contribution in [3.63, 3.8) is 0 Å². The smallest absolute Gasteiger partial charge is 0.142 e. The Kier molecular flexibility index (Phi) is 4.72. The summed E-state index contributed by atoms with van der Waals surface area (Å²) in [4.78, 5) is 14.3. The predicted octanol–water partition coefficient (Wildman–Crippen LogP) is 4.46. The lowest BCUT2D eigenvalue weighted by Crippen LogP contribution is -2.06. The maximum absolute atomic E-state index is 12.9. The van der Waals surface area contributed by atoms with E-state index in [0.717, 1.165) is 11.3 Å². The number of Topliss-reactive ketones (excluding diaryl/α,β-unsaturated/α-hetero) is 1. The van der Waals surface area contributed by atoms with Gasteiger partial charge in [0.25, 0.3) is 0 Å². The Morgan fingerprint density at radius 3 is 2.58 bits per heavy atom. The molecule has 2 rings (SSSR count). The fourth-order valence-corrected chi connectivity index (χ4v) is 3.06. The van der Waals surface area contributed by atoms with Gasteiger partial charge < -0.3 is 0 Å². The van der Waals surface area contributed by atoms with Gasteiger partial charge in [-0.25, -0.2) is 4.39 Å². The number of carbonyl (C=O) groups excluding carboxylic acids is 1. The molecule has 0 saturated carbocycles. The number of hydrogen-bond acceptors (Lipinski definition) is 2. The van der Waals surface area contributed by atoms with E-state index in [1.807, 2.05) is 6.07 Å². The van der Waals surface area contributed by atoms with Gasteiger partial charge in [-0.05, 0) is 36.2 Å². The summed E-state index contributed by atoms with van der Waals surface area (Å²) < 4.78 is 12.9. The van der Waals surface area contributed by atoms with Crippen molar-refractivity contribution in [2.75, 3.05) is 0 Å². The Balaban J connectivity index is 2.01. The van der Waals surface area contributed by atoms with Crippen LogP contribution in [-0.4, -0.2) is 5.78 Å². The minimum atomic E-state index is -0.382. The molecule has 1 aromatic heterocycles. The second-order valence-electron chi connectivity index (χ2n) is 4.35. The second-order valence-corrected chi connectivity index (χ2v) is 6.01. The number of halogens is 2. The van der Waals surface area contributed by atoms with Crippen LogP contribution in [0.25, 0.3) is 0 Å². The zero-order chi connectivity index (χ0) is 13.8. The SMILES string of the molecule is CCc1ccc(CC(=O)Cc2ccc(F)cc2Cl)s1. The molecule has 0 radical (unpaired) electrons. The molecule has 1 heterocycles. The molecule has 4 heteroatoms. The van der Waals surface area contributed by atoms with E-state index in [0.29, 0.717) is 17.0 Å². The minimum Gasteiger partial charge on any atom is -0.299 e. The summed E-state index contributed by atoms with van der Waals surface area (Å²) in [6, 6.07) is 8.19. The van der Waals surface area contributed by atoms with Gasteiger partial charge in [0, 0.05) is 27.6 Å². The van der Waals surface area contributed by atoms with Crippen LogP contribution in [0.15, 0.2) is 30.3 Å². The number of carbonyl (C=O) groups is 1. The Morgan fingerprint density at radius 1 is 1.21 bits per heavy atom. The molecule has 19 heavy (non-hydrogen) atoms. The molecule has 0 saturated heterocycles. The molecule has 0 bridgehead atoms. The molecule has 0 aliphatic heterocycles. The van der Waals surface area contributed by atoms with Crippen LogP contribution in [0.5, 0.6) is 0 Å². The number of hydrogen-bond donors (Lipinski definition) is 0. The average Bonchev–Trinajstić information content (AvgIpc) is 2.80. The van der Waals surface area contributed by atoms with E-state index in [9.17, 15) is 9.18 Å². The second kappa shape index (κ2) is 6.31. The molecular formula is C15H14ClFOS. The van der Waals surface area contributed by atoms with Crippen LogP contribution in [-0.2, 0) is 24.1 Å². The Morgan fingerprint density at radius 2 is 1.95 bits per heavy atom. The summed E-state index contributed by atoms with van der Waals surface area (Å²) >= 11 is 7.58. The van der Waals surface area contributed by atoms with Crippen molar-refractivity contribution >= 4 is 28.7 Å². The molecule has 0 N–H and O–H groups in total. The number of aryl methyl sites for hydroxylation is 1. The molecule has 0 aliphatic rings. The standard InChI is InChI=1S/C15H14ClFOS/c1-2-13-5-6-14(19-13)9-12(18)7-10-3-4-11(17)8-15(10)16/h3-6,8H,2,7,9H2,1H3. The fraction of sp³-hybridized carbons (Fsp3) is 0.267. The molecule has 0 spiro atoms. The summed E-state index contributed by atoms with van der Waals surface area (Å²) in [5.74, 6) is -0.287. The van der Waals surface area contributed by atoms with E-state index >= 15 is 0 Å².